The van der Waals surface area contributed by atoms with Crippen molar-refractivity contribution in [2.24, 2.45) is 17.8 Å². The Morgan fingerprint density at radius 3 is 2.06 bits per heavy atom. The molecule has 0 heterocycles. The van der Waals surface area contributed by atoms with E-state index in [4.69, 9.17) is 5.26 Å². The van der Waals surface area contributed by atoms with Crippen LogP contribution in [0.3, 0.4) is 0 Å². The lowest BCUT2D eigenvalue weighted by Gasteiger charge is -2.60. The molecule has 0 amide bonds. The summed E-state index contributed by atoms with van der Waals surface area (Å²) in [5.41, 5.74) is 0.991. The molecule has 4 bridgehead atoms. The lowest BCUT2D eigenvalue weighted by molar-refractivity contribution is -0.0718. The fraction of sp³-hybridized carbons (Fsp3) is 0.800. The third kappa shape index (κ3) is 1.59. The highest BCUT2D eigenvalue weighted by atomic mass is 15.2. The average molecular weight is 230 g/mol. The van der Waals surface area contributed by atoms with Crippen LogP contribution in [0.15, 0.2) is 12.3 Å². The van der Waals surface area contributed by atoms with E-state index in [-0.39, 0.29) is 0 Å². The number of allylic oxidation sites excluding steroid dienone is 1. The summed E-state index contributed by atoms with van der Waals surface area (Å²) in [5, 5.41) is 9.15. The maximum atomic E-state index is 9.15. The molecule has 4 saturated carbocycles. The maximum Gasteiger partial charge on any atom is 0.117 e. The van der Waals surface area contributed by atoms with Gasteiger partial charge in [-0.2, -0.15) is 5.26 Å². The standard InChI is InChI=1S/C15H22N2/c1-3-17(11(2)10-16)15-7-12-4-13(8-15)6-14(5-12)9-15/h12-14H,2-9H2,1H3. The molecular weight excluding hydrogens is 208 g/mol. The second-order valence-corrected chi connectivity index (χ2v) is 6.44. The van der Waals surface area contributed by atoms with Gasteiger partial charge in [0.05, 0.1) is 0 Å². The molecule has 0 N–H and O–H groups in total. The average Bonchev–Trinajstić information content (AvgIpc) is 2.27. The summed E-state index contributed by atoms with van der Waals surface area (Å²) in [5.74, 6) is 2.80. The fourth-order valence-corrected chi connectivity index (χ4v) is 5.27. The van der Waals surface area contributed by atoms with Gasteiger partial charge in [0, 0.05) is 12.1 Å². The minimum absolute atomic E-state index is 0.302. The molecule has 0 aromatic heterocycles. The highest BCUT2D eigenvalue weighted by Gasteiger charge is 2.53. The maximum absolute atomic E-state index is 9.15. The smallest absolute Gasteiger partial charge is 0.117 e. The molecule has 0 saturated heterocycles. The first-order chi connectivity index (χ1) is 8.16. The van der Waals surface area contributed by atoms with Crippen molar-refractivity contribution in [1.29, 1.82) is 5.26 Å². The van der Waals surface area contributed by atoms with E-state index in [1.165, 1.54) is 38.5 Å². The van der Waals surface area contributed by atoms with Gasteiger partial charge >= 0.3 is 0 Å². The van der Waals surface area contributed by atoms with Crippen LogP contribution < -0.4 is 0 Å². The Bertz CT molecular complexity index is 342. The van der Waals surface area contributed by atoms with Crippen LogP contribution in [0.2, 0.25) is 0 Å². The summed E-state index contributed by atoms with van der Waals surface area (Å²) in [6, 6.07) is 2.27. The molecular formula is C15H22N2. The molecule has 4 rings (SSSR count). The summed E-state index contributed by atoms with van der Waals surface area (Å²) >= 11 is 0. The van der Waals surface area contributed by atoms with Gasteiger partial charge in [0.1, 0.15) is 11.8 Å². The van der Waals surface area contributed by atoms with Crippen molar-refractivity contribution in [3.8, 4) is 6.07 Å². The van der Waals surface area contributed by atoms with Crippen molar-refractivity contribution < 1.29 is 0 Å². The van der Waals surface area contributed by atoms with E-state index in [2.05, 4.69) is 24.5 Å². The van der Waals surface area contributed by atoms with E-state index in [9.17, 15) is 0 Å². The number of rotatable bonds is 3. The molecule has 0 atom stereocenters. The Balaban J connectivity index is 1.90. The third-order valence-corrected chi connectivity index (χ3v) is 5.35. The van der Waals surface area contributed by atoms with Crippen molar-refractivity contribution in [1.82, 2.24) is 4.90 Å². The molecule has 92 valence electrons. The summed E-state index contributed by atoms with van der Waals surface area (Å²) in [7, 11) is 0. The first kappa shape index (κ1) is 11.1. The van der Waals surface area contributed by atoms with Gasteiger partial charge in [0.2, 0.25) is 0 Å². The molecule has 0 radical (unpaired) electrons. The van der Waals surface area contributed by atoms with Crippen LogP contribution in [0.25, 0.3) is 0 Å². The van der Waals surface area contributed by atoms with E-state index < -0.39 is 0 Å². The first-order valence-electron chi connectivity index (χ1n) is 7.03. The Kier molecular flexibility index (Phi) is 2.47. The van der Waals surface area contributed by atoms with Crippen molar-refractivity contribution in [2.45, 2.75) is 51.0 Å². The topological polar surface area (TPSA) is 27.0 Å². The molecule has 2 nitrogen and oxygen atoms in total. The van der Waals surface area contributed by atoms with Gasteiger partial charge in [-0.15, -0.1) is 0 Å². The molecule has 4 fully saturated rings. The monoisotopic (exact) mass is 230 g/mol. The summed E-state index contributed by atoms with van der Waals surface area (Å²) < 4.78 is 0. The van der Waals surface area contributed by atoms with Gasteiger partial charge in [0.25, 0.3) is 0 Å². The van der Waals surface area contributed by atoms with E-state index in [0.29, 0.717) is 11.2 Å². The lowest BCUT2D eigenvalue weighted by atomic mass is 9.52. The predicted molar refractivity (Wildman–Crippen MR) is 68.0 cm³/mol. The Morgan fingerprint density at radius 1 is 1.24 bits per heavy atom. The second kappa shape index (κ2) is 3.77. The van der Waals surface area contributed by atoms with Gasteiger partial charge in [-0.25, -0.2) is 0 Å². The predicted octanol–water partition coefficient (Wildman–Crippen LogP) is 3.31. The quantitative estimate of drug-likeness (QED) is 0.695. The van der Waals surface area contributed by atoms with E-state index >= 15 is 0 Å². The SMILES string of the molecule is C=C(C#N)N(CC)C12CC3CC(CC(C3)C1)C2. The Morgan fingerprint density at radius 2 is 1.71 bits per heavy atom. The number of nitriles is 1. The molecule has 17 heavy (non-hydrogen) atoms. The zero-order chi connectivity index (χ0) is 12.0. The molecule has 0 unspecified atom stereocenters. The molecule has 0 aliphatic heterocycles. The van der Waals surface area contributed by atoms with Crippen LogP contribution >= 0.6 is 0 Å². The van der Waals surface area contributed by atoms with Crippen LogP contribution in [-0.4, -0.2) is 17.0 Å². The largest absolute Gasteiger partial charge is 0.358 e. The molecule has 2 heteroatoms. The first-order valence-corrected chi connectivity index (χ1v) is 7.03. The van der Waals surface area contributed by atoms with Crippen LogP contribution in [0.5, 0.6) is 0 Å². The minimum Gasteiger partial charge on any atom is -0.358 e. The molecule has 0 aromatic rings. The fourth-order valence-electron chi connectivity index (χ4n) is 5.27. The van der Waals surface area contributed by atoms with E-state index in [1.807, 2.05) is 0 Å². The number of hydrogen-bond donors (Lipinski definition) is 0. The van der Waals surface area contributed by atoms with Crippen LogP contribution in [-0.2, 0) is 0 Å². The third-order valence-electron chi connectivity index (χ3n) is 5.35. The highest BCUT2D eigenvalue weighted by Crippen LogP contribution is 2.58. The van der Waals surface area contributed by atoms with Gasteiger partial charge in [-0.05, 0) is 63.2 Å². The van der Waals surface area contributed by atoms with Crippen molar-refractivity contribution >= 4 is 0 Å². The normalized spacial score (nSPS) is 42.2. The van der Waals surface area contributed by atoms with Gasteiger partial charge in [-0.1, -0.05) is 6.58 Å². The summed E-state index contributed by atoms with van der Waals surface area (Å²) in [4.78, 5) is 2.33. The van der Waals surface area contributed by atoms with Gasteiger partial charge < -0.3 is 4.90 Å². The van der Waals surface area contributed by atoms with Crippen molar-refractivity contribution in [2.75, 3.05) is 6.54 Å². The van der Waals surface area contributed by atoms with E-state index in [1.54, 1.807) is 0 Å². The highest BCUT2D eigenvalue weighted by molar-refractivity contribution is 5.21. The Hall–Kier alpha value is -0.970. The molecule has 0 spiro atoms. The van der Waals surface area contributed by atoms with Crippen LogP contribution in [0.4, 0.5) is 0 Å². The minimum atomic E-state index is 0.302. The van der Waals surface area contributed by atoms with Gasteiger partial charge in [0.15, 0.2) is 0 Å². The van der Waals surface area contributed by atoms with Gasteiger partial charge in [-0.3, -0.25) is 0 Å². The van der Waals surface area contributed by atoms with Crippen molar-refractivity contribution in [3.05, 3.63) is 12.3 Å². The summed E-state index contributed by atoms with van der Waals surface area (Å²) in [6.07, 6.45) is 8.30. The van der Waals surface area contributed by atoms with E-state index in [0.717, 1.165) is 24.3 Å². The Labute approximate surface area is 104 Å². The molecule has 0 aromatic carbocycles. The zero-order valence-corrected chi connectivity index (χ0v) is 10.8. The molecule has 4 aliphatic carbocycles. The lowest BCUT2D eigenvalue weighted by Crippen LogP contribution is -2.59. The number of nitrogens with zero attached hydrogens (tertiary/aromatic N) is 2. The molecule has 4 aliphatic rings. The summed E-state index contributed by atoms with van der Waals surface area (Å²) in [6.45, 7) is 7.08. The second-order valence-electron chi connectivity index (χ2n) is 6.44. The van der Waals surface area contributed by atoms with Crippen LogP contribution in [0.1, 0.15) is 45.4 Å². The van der Waals surface area contributed by atoms with Crippen molar-refractivity contribution in [3.63, 3.8) is 0 Å². The number of hydrogen-bond acceptors (Lipinski definition) is 2. The zero-order valence-electron chi connectivity index (χ0n) is 10.8. The van der Waals surface area contributed by atoms with Crippen LogP contribution in [0, 0.1) is 29.1 Å².